The lowest BCUT2D eigenvalue weighted by atomic mass is 10.3. The summed E-state index contributed by atoms with van der Waals surface area (Å²) in [6.07, 6.45) is 2.88. The Morgan fingerprint density at radius 2 is 2.25 bits per heavy atom. The van der Waals surface area contributed by atoms with Crippen molar-refractivity contribution in [3.05, 3.63) is 33.2 Å². The van der Waals surface area contributed by atoms with Crippen LogP contribution in [-0.4, -0.2) is 4.57 Å². The van der Waals surface area contributed by atoms with Crippen molar-refractivity contribution in [2.24, 2.45) is 0 Å². The van der Waals surface area contributed by atoms with Crippen LogP contribution in [0.3, 0.4) is 0 Å². The molecule has 0 saturated carbocycles. The van der Waals surface area contributed by atoms with Crippen molar-refractivity contribution in [2.45, 2.75) is 26.3 Å². The normalized spacial score (nSPS) is 10.1. The van der Waals surface area contributed by atoms with E-state index in [9.17, 15) is 9.59 Å². The average molecular weight is 169 g/mol. The van der Waals surface area contributed by atoms with Crippen LogP contribution in [0.4, 0.5) is 0 Å². The van der Waals surface area contributed by atoms with Crippen molar-refractivity contribution in [3.8, 4) is 0 Å². The van der Waals surface area contributed by atoms with E-state index in [1.807, 2.05) is 6.92 Å². The molecular formula is C8H11NO3. The Balaban J connectivity index is 2.97. The summed E-state index contributed by atoms with van der Waals surface area (Å²) in [5.74, 6) is -0.573. The Morgan fingerprint density at radius 3 is 2.83 bits per heavy atom. The number of hydrogen-bond donors (Lipinski definition) is 0. The van der Waals surface area contributed by atoms with E-state index >= 15 is 0 Å². The molecule has 0 aliphatic heterocycles. The van der Waals surface area contributed by atoms with E-state index in [0.717, 1.165) is 23.7 Å². The van der Waals surface area contributed by atoms with Crippen LogP contribution in [0.25, 0.3) is 0 Å². The first-order valence-corrected chi connectivity index (χ1v) is 3.94. The molecule has 0 aliphatic carbocycles. The SMILES string of the molecule is CCCCn1c(=O)ccoc1=O. The third-order valence-corrected chi connectivity index (χ3v) is 1.60. The molecule has 66 valence electrons. The molecule has 0 aliphatic rings. The van der Waals surface area contributed by atoms with Gasteiger partial charge < -0.3 is 4.42 Å². The first-order valence-electron chi connectivity index (χ1n) is 3.94. The van der Waals surface area contributed by atoms with Gasteiger partial charge in [0.25, 0.3) is 5.56 Å². The summed E-state index contributed by atoms with van der Waals surface area (Å²) in [6.45, 7) is 2.44. The fourth-order valence-electron chi connectivity index (χ4n) is 0.912. The topological polar surface area (TPSA) is 52.2 Å². The molecule has 12 heavy (non-hydrogen) atoms. The van der Waals surface area contributed by atoms with E-state index in [0.29, 0.717) is 6.54 Å². The van der Waals surface area contributed by atoms with Crippen LogP contribution in [0, 0.1) is 0 Å². The Morgan fingerprint density at radius 1 is 1.50 bits per heavy atom. The molecule has 1 heterocycles. The lowest BCUT2D eigenvalue weighted by Crippen LogP contribution is -2.31. The van der Waals surface area contributed by atoms with Gasteiger partial charge in [-0.25, -0.2) is 9.36 Å². The molecule has 0 spiro atoms. The summed E-state index contributed by atoms with van der Waals surface area (Å²) in [6, 6.07) is 1.25. The number of hydrogen-bond acceptors (Lipinski definition) is 3. The fraction of sp³-hybridized carbons (Fsp3) is 0.500. The van der Waals surface area contributed by atoms with Crippen LogP contribution in [0.2, 0.25) is 0 Å². The maximum absolute atomic E-state index is 11.0. The number of nitrogens with zero attached hydrogens (tertiary/aromatic N) is 1. The van der Waals surface area contributed by atoms with Crippen molar-refractivity contribution in [3.63, 3.8) is 0 Å². The van der Waals surface area contributed by atoms with E-state index in [1.54, 1.807) is 0 Å². The second-order valence-electron chi connectivity index (χ2n) is 2.53. The van der Waals surface area contributed by atoms with Gasteiger partial charge >= 0.3 is 5.76 Å². The number of rotatable bonds is 3. The van der Waals surface area contributed by atoms with E-state index in [4.69, 9.17) is 0 Å². The van der Waals surface area contributed by atoms with Crippen LogP contribution < -0.4 is 11.3 Å². The van der Waals surface area contributed by atoms with Crippen molar-refractivity contribution >= 4 is 0 Å². The summed E-state index contributed by atoms with van der Waals surface area (Å²) in [7, 11) is 0. The van der Waals surface area contributed by atoms with Crippen LogP contribution in [0.1, 0.15) is 19.8 Å². The van der Waals surface area contributed by atoms with Crippen LogP contribution in [0.5, 0.6) is 0 Å². The molecule has 1 rings (SSSR count). The molecule has 4 heteroatoms. The number of aromatic nitrogens is 1. The van der Waals surface area contributed by atoms with E-state index in [2.05, 4.69) is 4.42 Å². The smallest absolute Gasteiger partial charge is 0.418 e. The highest BCUT2D eigenvalue weighted by atomic mass is 16.4. The second kappa shape index (κ2) is 3.90. The number of unbranched alkanes of at least 4 members (excludes halogenated alkanes) is 1. The zero-order valence-electron chi connectivity index (χ0n) is 6.95. The monoisotopic (exact) mass is 169 g/mol. The van der Waals surface area contributed by atoms with Gasteiger partial charge in [0.1, 0.15) is 6.26 Å². The molecule has 0 fully saturated rings. The predicted octanol–water partition coefficient (Wildman–Crippen LogP) is 0.602. The molecule has 0 atom stereocenters. The highest BCUT2D eigenvalue weighted by Crippen LogP contribution is 1.87. The Hall–Kier alpha value is -1.32. The zero-order chi connectivity index (χ0) is 8.97. The fourth-order valence-corrected chi connectivity index (χ4v) is 0.912. The lowest BCUT2D eigenvalue weighted by molar-refractivity contribution is 0.413. The van der Waals surface area contributed by atoms with Gasteiger partial charge in [-0.05, 0) is 6.42 Å². The van der Waals surface area contributed by atoms with Crippen LogP contribution >= 0.6 is 0 Å². The lowest BCUT2D eigenvalue weighted by Gasteiger charge is -1.99. The van der Waals surface area contributed by atoms with Crippen molar-refractivity contribution in [1.82, 2.24) is 4.57 Å². The quantitative estimate of drug-likeness (QED) is 0.665. The maximum Gasteiger partial charge on any atom is 0.421 e. The van der Waals surface area contributed by atoms with Gasteiger partial charge in [0.05, 0.1) is 0 Å². The third kappa shape index (κ3) is 1.84. The molecule has 0 saturated heterocycles. The molecule has 0 N–H and O–H groups in total. The van der Waals surface area contributed by atoms with Gasteiger partial charge in [0.2, 0.25) is 0 Å². The molecule has 1 aromatic heterocycles. The molecule has 1 aromatic rings. The molecule has 0 aromatic carbocycles. The maximum atomic E-state index is 11.0. The minimum absolute atomic E-state index is 0.292. The molecule has 0 bridgehead atoms. The van der Waals surface area contributed by atoms with Crippen LogP contribution in [0.15, 0.2) is 26.3 Å². The Kier molecular flexibility index (Phi) is 2.85. The summed E-state index contributed by atoms with van der Waals surface area (Å²) >= 11 is 0. The summed E-state index contributed by atoms with van der Waals surface area (Å²) in [4.78, 5) is 22.0. The molecule has 0 unspecified atom stereocenters. The van der Waals surface area contributed by atoms with Gasteiger partial charge in [0, 0.05) is 12.6 Å². The summed E-state index contributed by atoms with van der Waals surface area (Å²) in [5.41, 5.74) is -0.292. The second-order valence-corrected chi connectivity index (χ2v) is 2.53. The minimum atomic E-state index is -0.573. The van der Waals surface area contributed by atoms with Crippen molar-refractivity contribution in [1.29, 1.82) is 0 Å². The highest BCUT2D eigenvalue weighted by molar-refractivity contribution is 4.78. The van der Waals surface area contributed by atoms with E-state index in [1.165, 1.54) is 6.07 Å². The van der Waals surface area contributed by atoms with E-state index in [-0.39, 0.29) is 5.56 Å². The zero-order valence-corrected chi connectivity index (χ0v) is 6.95. The first-order chi connectivity index (χ1) is 5.75. The van der Waals surface area contributed by atoms with Crippen LogP contribution in [-0.2, 0) is 6.54 Å². The standard InChI is InChI=1S/C8H11NO3/c1-2-3-5-9-7(10)4-6-12-8(9)11/h4,6H,2-3,5H2,1H3. The van der Waals surface area contributed by atoms with Crippen molar-refractivity contribution in [2.75, 3.05) is 0 Å². The Bertz CT molecular complexity index is 322. The average Bonchev–Trinajstić information content (AvgIpc) is 2.04. The third-order valence-electron chi connectivity index (χ3n) is 1.60. The van der Waals surface area contributed by atoms with Gasteiger partial charge in [0.15, 0.2) is 0 Å². The minimum Gasteiger partial charge on any atom is -0.418 e. The Labute approximate surface area is 69.4 Å². The van der Waals surface area contributed by atoms with Gasteiger partial charge in [-0.1, -0.05) is 13.3 Å². The summed E-state index contributed by atoms with van der Waals surface area (Å²) < 4.78 is 5.64. The summed E-state index contributed by atoms with van der Waals surface area (Å²) in [5, 5.41) is 0. The molecular weight excluding hydrogens is 158 g/mol. The van der Waals surface area contributed by atoms with Gasteiger partial charge in [-0.3, -0.25) is 4.79 Å². The molecule has 0 amide bonds. The van der Waals surface area contributed by atoms with Gasteiger partial charge in [-0.15, -0.1) is 0 Å². The van der Waals surface area contributed by atoms with Gasteiger partial charge in [-0.2, -0.15) is 0 Å². The molecule has 0 radical (unpaired) electrons. The highest BCUT2D eigenvalue weighted by Gasteiger charge is 1.99. The first kappa shape index (κ1) is 8.77. The molecule has 4 nitrogen and oxygen atoms in total. The predicted molar refractivity (Wildman–Crippen MR) is 44.1 cm³/mol. The largest absolute Gasteiger partial charge is 0.421 e. The van der Waals surface area contributed by atoms with E-state index < -0.39 is 5.76 Å². The van der Waals surface area contributed by atoms with Crippen molar-refractivity contribution < 1.29 is 4.42 Å².